The first-order chi connectivity index (χ1) is 11.9. The van der Waals surface area contributed by atoms with E-state index in [9.17, 15) is 31.4 Å². The molecule has 13 heteroatoms. The maximum absolute atomic E-state index is 13.3. The Hall–Kier alpha value is -1.25. The van der Waals surface area contributed by atoms with Crippen molar-refractivity contribution in [2.45, 2.75) is 37.7 Å². The maximum Gasteiger partial charge on any atom is 0.424 e. The quantitative estimate of drug-likeness (QED) is 0.225. The fourth-order valence-corrected chi connectivity index (χ4v) is 2.14. The van der Waals surface area contributed by atoms with E-state index in [0.717, 1.165) is 10.8 Å². The third-order valence-electron chi connectivity index (χ3n) is 3.45. The number of nitrogens with one attached hydrogen (secondary N) is 2. The van der Waals surface area contributed by atoms with Crippen molar-refractivity contribution in [3.63, 3.8) is 0 Å². The van der Waals surface area contributed by atoms with Crippen molar-refractivity contribution in [1.29, 1.82) is 0 Å². The highest BCUT2D eigenvalue weighted by molar-refractivity contribution is 14.0. The van der Waals surface area contributed by atoms with Gasteiger partial charge < -0.3 is 20.3 Å². The van der Waals surface area contributed by atoms with Crippen molar-refractivity contribution in [3.05, 3.63) is 18.2 Å². The van der Waals surface area contributed by atoms with Crippen LogP contribution in [-0.4, -0.2) is 52.6 Å². The number of aliphatic hydroxyl groups is 1. The van der Waals surface area contributed by atoms with Crippen molar-refractivity contribution in [2.75, 3.05) is 19.6 Å². The van der Waals surface area contributed by atoms with Crippen molar-refractivity contribution in [2.24, 2.45) is 12.0 Å². The summed E-state index contributed by atoms with van der Waals surface area (Å²) in [5, 5.41) is 15.2. The van der Waals surface area contributed by atoms with Gasteiger partial charge in [0.15, 0.2) is 5.96 Å². The second-order valence-corrected chi connectivity index (χ2v) is 5.52. The molecule has 0 spiro atoms. The lowest BCUT2D eigenvalue weighted by Crippen LogP contribution is -2.45. The summed E-state index contributed by atoms with van der Waals surface area (Å²) in [6, 6.07) is 0. The first-order valence-electron chi connectivity index (χ1n) is 7.76. The molecule has 0 bridgehead atoms. The van der Waals surface area contributed by atoms with Crippen LogP contribution in [0.25, 0.3) is 0 Å². The molecule has 1 rings (SSSR count). The standard InChI is InChI=1S/C14H21F6N5O.HI/c1-3-21-11(24-7-5-13(15,16)17)23-6-4-12(26,14(18,19)20)10-22-8-9-25(10)2;/h8-9,26H,3-7H2,1-2H3,(H2,21,23,24);1H. The molecule has 0 aliphatic carbocycles. The van der Waals surface area contributed by atoms with E-state index in [1.165, 1.54) is 13.2 Å². The fourth-order valence-electron chi connectivity index (χ4n) is 2.14. The maximum atomic E-state index is 13.3. The molecular formula is C14H22F6IN5O. The molecule has 6 nitrogen and oxygen atoms in total. The van der Waals surface area contributed by atoms with Crippen LogP contribution in [0.5, 0.6) is 0 Å². The Morgan fingerprint density at radius 1 is 1.19 bits per heavy atom. The molecular weight excluding hydrogens is 495 g/mol. The number of guanidine groups is 1. The highest BCUT2D eigenvalue weighted by Crippen LogP contribution is 2.40. The van der Waals surface area contributed by atoms with Gasteiger partial charge in [0, 0.05) is 45.5 Å². The zero-order chi connectivity index (χ0) is 20.0. The van der Waals surface area contributed by atoms with Crippen LogP contribution in [-0.2, 0) is 12.6 Å². The average Bonchev–Trinajstić information content (AvgIpc) is 2.91. The number of hydrogen-bond acceptors (Lipinski definition) is 3. The van der Waals surface area contributed by atoms with E-state index in [0.29, 0.717) is 6.54 Å². The molecule has 0 fully saturated rings. The van der Waals surface area contributed by atoms with Gasteiger partial charge in [0.25, 0.3) is 0 Å². The lowest BCUT2D eigenvalue weighted by atomic mass is 9.98. The summed E-state index contributed by atoms with van der Waals surface area (Å²) in [6.07, 6.45) is -8.92. The number of aromatic nitrogens is 2. The molecule has 1 aromatic heterocycles. The molecule has 27 heavy (non-hydrogen) atoms. The minimum absolute atomic E-state index is 0. The zero-order valence-corrected chi connectivity index (χ0v) is 17.0. The SMILES string of the molecule is CCNC(=NCCC(O)(c1nccn1C)C(F)(F)F)NCCC(F)(F)F.I. The summed E-state index contributed by atoms with van der Waals surface area (Å²) < 4.78 is 77.6. The Balaban J connectivity index is 0.00000676. The first kappa shape index (κ1) is 25.8. The molecule has 0 aliphatic rings. The van der Waals surface area contributed by atoms with Gasteiger partial charge in [0.1, 0.15) is 5.82 Å². The van der Waals surface area contributed by atoms with Crippen LogP contribution in [0.1, 0.15) is 25.6 Å². The van der Waals surface area contributed by atoms with Gasteiger partial charge in [-0.2, -0.15) is 26.3 Å². The highest BCUT2D eigenvalue weighted by Gasteiger charge is 2.57. The summed E-state index contributed by atoms with van der Waals surface area (Å²) in [4.78, 5) is 7.35. The largest absolute Gasteiger partial charge is 0.424 e. The predicted molar refractivity (Wildman–Crippen MR) is 97.8 cm³/mol. The molecule has 0 aliphatic heterocycles. The smallest absolute Gasteiger partial charge is 0.374 e. The van der Waals surface area contributed by atoms with Gasteiger partial charge in [-0.3, -0.25) is 4.99 Å². The van der Waals surface area contributed by atoms with Crippen molar-refractivity contribution < 1.29 is 31.4 Å². The normalized spacial score (nSPS) is 15.1. The summed E-state index contributed by atoms with van der Waals surface area (Å²) in [7, 11) is 1.31. The van der Waals surface area contributed by atoms with Crippen LogP contribution in [0.15, 0.2) is 17.4 Å². The lowest BCUT2D eigenvalue weighted by Gasteiger charge is -2.29. The summed E-state index contributed by atoms with van der Waals surface area (Å²) in [5.41, 5.74) is -3.22. The molecule has 0 saturated carbocycles. The molecule has 158 valence electrons. The van der Waals surface area contributed by atoms with Crippen LogP contribution in [0.2, 0.25) is 0 Å². The number of imidazole rings is 1. The number of nitrogens with zero attached hydrogens (tertiary/aromatic N) is 3. The monoisotopic (exact) mass is 517 g/mol. The van der Waals surface area contributed by atoms with Crippen molar-refractivity contribution >= 4 is 29.9 Å². The summed E-state index contributed by atoms with van der Waals surface area (Å²) in [5.74, 6) is -0.656. The number of hydrogen-bond donors (Lipinski definition) is 3. The van der Waals surface area contributed by atoms with E-state index >= 15 is 0 Å². The average molecular weight is 517 g/mol. The number of halogens is 7. The van der Waals surface area contributed by atoms with Crippen LogP contribution in [0.4, 0.5) is 26.3 Å². The minimum atomic E-state index is -5.00. The molecule has 1 aromatic rings. The second-order valence-electron chi connectivity index (χ2n) is 5.52. The highest BCUT2D eigenvalue weighted by atomic mass is 127. The van der Waals surface area contributed by atoms with Gasteiger partial charge in [-0.05, 0) is 6.92 Å². The Morgan fingerprint density at radius 3 is 2.26 bits per heavy atom. The van der Waals surface area contributed by atoms with Crippen molar-refractivity contribution in [3.8, 4) is 0 Å². The van der Waals surface area contributed by atoms with Gasteiger partial charge in [0.05, 0.1) is 6.42 Å². The van der Waals surface area contributed by atoms with E-state index in [2.05, 4.69) is 20.6 Å². The third-order valence-corrected chi connectivity index (χ3v) is 3.45. The molecule has 0 radical (unpaired) electrons. The van der Waals surface area contributed by atoms with Gasteiger partial charge in [-0.25, -0.2) is 4.98 Å². The molecule has 1 unspecified atom stereocenters. The Labute approximate surface area is 169 Å². The fraction of sp³-hybridized carbons (Fsp3) is 0.714. The Morgan fingerprint density at radius 2 is 1.81 bits per heavy atom. The van der Waals surface area contributed by atoms with Crippen LogP contribution < -0.4 is 10.6 Å². The van der Waals surface area contributed by atoms with Crippen molar-refractivity contribution in [1.82, 2.24) is 20.2 Å². The van der Waals surface area contributed by atoms with Gasteiger partial charge in [-0.1, -0.05) is 0 Å². The molecule has 3 N–H and O–H groups in total. The molecule has 1 atom stereocenters. The summed E-state index contributed by atoms with van der Waals surface area (Å²) in [6.45, 7) is 1.00. The molecule has 1 heterocycles. The van der Waals surface area contributed by atoms with E-state index in [1.807, 2.05) is 0 Å². The van der Waals surface area contributed by atoms with Gasteiger partial charge in [0.2, 0.25) is 5.60 Å². The summed E-state index contributed by atoms with van der Waals surface area (Å²) >= 11 is 0. The van der Waals surface area contributed by atoms with E-state index in [4.69, 9.17) is 0 Å². The number of aliphatic imine (C=N–C) groups is 1. The zero-order valence-electron chi connectivity index (χ0n) is 14.7. The lowest BCUT2D eigenvalue weighted by molar-refractivity contribution is -0.272. The topological polar surface area (TPSA) is 74.5 Å². The predicted octanol–water partition coefficient (Wildman–Crippen LogP) is 2.69. The van der Waals surface area contributed by atoms with Crippen LogP contribution in [0.3, 0.4) is 0 Å². The Kier molecular flexibility index (Phi) is 9.86. The van der Waals surface area contributed by atoms with Gasteiger partial charge >= 0.3 is 12.4 Å². The van der Waals surface area contributed by atoms with E-state index in [1.54, 1.807) is 6.92 Å². The first-order valence-corrected chi connectivity index (χ1v) is 7.76. The molecule has 0 aromatic carbocycles. The van der Waals surface area contributed by atoms with Crippen LogP contribution >= 0.6 is 24.0 Å². The minimum Gasteiger partial charge on any atom is -0.374 e. The van der Waals surface area contributed by atoms with Crippen LogP contribution in [0, 0.1) is 0 Å². The van der Waals surface area contributed by atoms with Gasteiger partial charge in [-0.15, -0.1) is 24.0 Å². The molecule has 0 saturated heterocycles. The third kappa shape index (κ3) is 7.71. The van der Waals surface area contributed by atoms with E-state index < -0.39 is 49.7 Å². The number of alkyl halides is 6. The number of rotatable bonds is 7. The second kappa shape index (κ2) is 10.3. The number of aryl methyl sites for hydroxylation is 1. The molecule has 0 amide bonds. The van der Waals surface area contributed by atoms with E-state index in [-0.39, 0.29) is 29.9 Å². The Bertz CT molecular complexity index is 604.